The molecule has 0 spiro atoms. The lowest BCUT2D eigenvalue weighted by Crippen LogP contribution is -2.44. The average Bonchev–Trinajstić information content (AvgIpc) is 2.96. The van der Waals surface area contributed by atoms with Crippen molar-refractivity contribution in [3.63, 3.8) is 0 Å². The normalized spacial score (nSPS) is 11.8. The van der Waals surface area contributed by atoms with Gasteiger partial charge in [-0.2, -0.15) is 0 Å². The maximum Gasteiger partial charge on any atom is 0.333 e. The molecule has 0 aromatic rings. The highest BCUT2D eigenvalue weighted by Gasteiger charge is 2.33. The highest BCUT2D eigenvalue weighted by Crippen LogP contribution is 2.25. The number of esters is 4. The summed E-state index contributed by atoms with van der Waals surface area (Å²) in [7, 11) is -7.25. The summed E-state index contributed by atoms with van der Waals surface area (Å²) in [4.78, 5) is 45.4. The molecular weight excluding hydrogens is 705 g/mol. The molecule has 0 fully saturated rings. The van der Waals surface area contributed by atoms with Crippen molar-refractivity contribution in [2.75, 3.05) is 26.4 Å². The molecule has 0 amide bonds. The topological polar surface area (TPSA) is 124 Å². The molecule has 0 aliphatic heterocycles. The minimum atomic E-state index is -1.81. The molecule has 0 rings (SSSR count). The second-order valence-electron chi connectivity index (χ2n) is 15.3. The number of carbonyl (C=O) groups is 4. The minimum Gasteiger partial charge on any atom is -0.462 e. The smallest absolute Gasteiger partial charge is 0.333 e. The first-order valence-electron chi connectivity index (χ1n) is 17.4. The Morgan fingerprint density at radius 1 is 0.380 bits per heavy atom. The Morgan fingerprint density at radius 2 is 0.540 bits per heavy atom. The fraction of sp³-hybridized carbons (Fsp3) is 0.667. The van der Waals surface area contributed by atoms with Gasteiger partial charge in [-0.05, 0) is 130 Å². The van der Waals surface area contributed by atoms with Crippen molar-refractivity contribution in [3.05, 3.63) is 48.6 Å². The van der Waals surface area contributed by atoms with Crippen molar-refractivity contribution >= 4 is 57.1 Å². The monoisotopic (exact) mass is 772 g/mol. The first-order chi connectivity index (χ1) is 22.7. The van der Waals surface area contributed by atoms with Gasteiger partial charge in [0.25, 0.3) is 0 Å². The van der Waals surface area contributed by atoms with Crippen molar-refractivity contribution in [1.29, 1.82) is 0 Å². The van der Waals surface area contributed by atoms with E-state index in [-0.39, 0.29) is 23.9 Å². The summed E-state index contributed by atoms with van der Waals surface area (Å²) in [6, 6.07) is 3.77. The van der Waals surface area contributed by atoms with Gasteiger partial charge in [0.2, 0.25) is 0 Å². The fourth-order valence-electron chi connectivity index (χ4n) is 4.84. The van der Waals surface area contributed by atoms with Gasteiger partial charge >= 0.3 is 23.9 Å². The summed E-state index contributed by atoms with van der Waals surface area (Å²) in [5.41, 5.74) is 1.70. The fourth-order valence-corrected chi connectivity index (χ4v) is 22.4. The number of hydrogen-bond acceptors (Lipinski definition) is 10. The van der Waals surface area contributed by atoms with Gasteiger partial charge in [-0.25, -0.2) is 19.2 Å². The SMILES string of the molecule is C=C(C)C(=O)OCCC[Si](C)(C)O[Si](C)(C)CCCOC(=O)C(=C)C.C=C(C)C(=O)OCCC[Si](C)(C)O[Si](C)(C)CCCOC(=O)C(=C)C. The van der Waals surface area contributed by atoms with E-state index in [0.717, 1.165) is 49.9 Å². The molecule has 0 saturated carbocycles. The Hall–Kier alpha value is -2.37. The van der Waals surface area contributed by atoms with Crippen LogP contribution in [0.1, 0.15) is 53.4 Å². The van der Waals surface area contributed by atoms with Crippen LogP contribution in [0.15, 0.2) is 48.6 Å². The second kappa shape index (κ2) is 24.0. The summed E-state index contributed by atoms with van der Waals surface area (Å²) in [6.45, 7) is 40.1. The third kappa shape index (κ3) is 27.4. The van der Waals surface area contributed by atoms with Crippen LogP contribution >= 0.6 is 0 Å². The lowest BCUT2D eigenvalue weighted by molar-refractivity contribution is -0.139. The summed E-state index contributed by atoms with van der Waals surface area (Å²) in [5, 5.41) is 0. The third-order valence-electron chi connectivity index (χ3n) is 7.12. The summed E-state index contributed by atoms with van der Waals surface area (Å²) < 4.78 is 33.5. The molecule has 0 unspecified atom stereocenters. The van der Waals surface area contributed by atoms with Gasteiger partial charge in [0.1, 0.15) is 0 Å². The largest absolute Gasteiger partial charge is 0.462 e. The van der Waals surface area contributed by atoms with Crippen LogP contribution in [0.25, 0.3) is 0 Å². The van der Waals surface area contributed by atoms with E-state index in [4.69, 9.17) is 27.2 Å². The first-order valence-corrected chi connectivity index (χ1v) is 29.9. The van der Waals surface area contributed by atoms with Crippen LogP contribution in [0.4, 0.5) is 0 Å². The molecule has 0 aromatic carbocycles. The van der Waals surface area contributed by atoms with Crippen LogP contribution in [0, 0.1) is 0 Å². The maximum atomic E-state index is 11.4. The standard InChI is InChI=1S/2C18H34O5Si2/c2*1-15(2)17(19)21-11-9-13-24(5,6)23-25(7,8)14-10-12-22-18(20)16(3)4/h2*1,3,9-14H2,2,4-8H3. The Bertz CT molecular complexity index is 997. The van der Waals surface area contributed by atoms with E-state index in [1.165, 1.54) is 0 Å². The predicted octanol–water partition coefficient (Wildman–Crippen LogP) is 8.86. The number of hydrogen-bond donors (Lipinski definition) is 0. The molecule has 0 heterocycles. The number of rotatable bonds is 24. The van der Waals surface area contributed by atoms with E-state index < -0.39 is 33.3 Å². The Balaban J connectivity index is 0. The van der Waals surface area contributed by atoms with Gasteiger partial charge in [0.05, 0.1) is 26.4 Å². The second-order valence-corrected chi connectivity index (χ2v) is 33.0. The van der Waals surface area contributed by atoms with Crippen molar-refractivity contribution in [2.24, 2.45) is 0 Å². The van der Waals surface area contributed by atoms with Gasteiger partial charge in [0, 0.05) is 22.3 Å². The van der Waals surface area contributed by atoms with Gasteiger partial charge in [0.15, 0.2) is 33.3 Å². The van der Waals surface area contributed by atoms with E-state index >= 15 is 0 Å². The summed E-state index contributed by atoms with van der Waals surface area (Å²) >= 11 is 0. The molecule has 0 bridgehead atoms. The highest BCUT2D eigenvalue weighted by molar-refractivity contribution is 6.85. The van der Waals surface area contributed by atoms with Gasteiger partial charge in [-0.1, -0.05) is 26.3 Å². The molecule has 0 N–H and O–H groups in total. The lowest BCUT2D eigenvalue weighted by Gasteiger charge is -2.34. The quantitative estimate of drug-likeness (QED) is 0.0309. The third-order valence-corrected chi connectivity index (χ3v) is 22.2. The number of ether oxygens (including phenoxy) is 4. The van der Waals surface area contributed by atoms with Crippen LogP contribution < -0.4 is 0 Å². The molecule has 0 aliphatic carbocycles. The summed E-state index contributed by atoms with van der Waals surface area (Å²) in [6.07, 6.45) is 3.22. The van der Waals surface area contributed by atoms with E-state index in [1.54, 1.807) is 27.7 Å². The van der Waals surface area contributed by atoms with E-state index in [0.29, 0.717) is 48.7 Å². The Morgan fingerprint density at radius 3 is 0.680 bits per heavy atom. The van der Waals surface area contributed by atoms with Crippen molar-refractivity contribution in [3.8, 4) is 0 Å². The zero-order valence-electron chi connectivity index (χ0n) is 33.4. The lowest BCUT2D eigenvalue weighted by atomic mass is 10.4. The molecule has 0 aliphatic rings. The van der Waals surface area contributed by atoms with E-state index in [1.807, 2.05) is 0 Å². The van der Waals surface area contributed by atoms with Crippen LogP contribution in [0.2, 0.25) is 76.6 Å². The van der Waals surface area contributed by atoms with Crippen LogP contribution in [-0.4, -0.2) is 83.6 Å². The van der Waals surface area contributed by atoms with Crippen molar-refractivity contribution < 1.29 is 46.4 Å². The molecular formula is C36H68O10Si4. The molecule has 0 saturated heterocycles. The number of carbonyl (C=O) groups excluding carboxylic acids is 4. The van der Waals surface area contributed by atoms with Gasteiger partial charge in [-0.15, -0.1) is 0 Å². The average molecular weight is 773 g/mol. The van der Waals surface area contributed by atoms with Crippen molar-refractivity contribution in [2.45, 2.75) is 130 Å². The zero-order valence-corrected chi connectivity index (χ0v) is 37.4. The molecule has 0 aromatic heterocycles. The first kappa shape index (κ1) is 49.7. The molecule has 10 nitrogen and oxygen atoms in total. The highest BCUT2D eigenvalue weighted by atomic mass is 28.4. The molecule has 50 heavy (non-hydrogen) atoms. The van der Waals surface area contributed by atoms with Crippen LogP contribution in [0.5, 0.6) is 0 Å². The van der Waals surface area contributed by atoms with E-state index in [2.05, 4.69) is 78.7 Å². The minimum absolute atomic E-state index is 0.334. The van der Waals surface area contributed by atoms with Crippen molar-refractivity contribution in [1.82, 2.24) is 0 Å². The molecule has 14 heteroatoms. The zero-order chi connectivity index (χ0) is 39.3. The molecule has 0 atom stereocenters. The predicted molar refractivity (Wildman–Crippen MR) is 213 cm³/mol. The summed E-state index contributed by atoms with van der Waals surface area (Å²) in [5.74, 6) is -1.34. The maximum absolute atomic E-state index is 11.4. The molecule has 288 valence electrons. The Kier molecular flexibility index (Phi) is 23.9. The molecule has 0 radical (unpaired) electrons. The van der Waals surface area contributed by atoms with Gasteiger partial charge < -0.3 is 27.2 Å². The van der Waals surface area contributed by atoms with Gasteiger partial charge in [-0.3, -0.25) is 0 Å². The Labute approximate surface area is 307 Å². The van der Waals surface area contributed by atoms with Crippen LogP contribution in [0.3, 0.4) is 0 Å². The van der Waals surface area contributed by atoms with Crippen LogP contribution in [-0.2, 0) is 46.4 Å². The van der Waals surface area contributed by atoms with E-state index in [9.17, 15) is 19.2 Å².